The van der Waals surface area contributed by atoms with E-state index in [1.165, 1.54) is 0 Å². The van der Waals surface area contributed by atoms with Gasteiger partial charge in [0, 0.05) is 6.20 Å². The maximum Gasteiger partial charge on any atom is 0.0864 e. The maximum atomic E-state index is 5.23. The number of thiol groups is 1. The molecule has 0 saturated carbocycles. The Morgan fingerprint density at radius 1 is 0.808 bits per heavy atom. The van der Waals surface area contributed by atoms with Crippen molar-refractivity contribution in [3.63, 3.8) is 0 Å². The van der Waals surface area contributed by atoms with Crippen molar-refractivity contribution in [2.75, 3.05) is 0 Å². The lowest BCUT2D eigenvalue weighted by atomic mass is 9.82. The number of hydrogen-bond acceptors (Lipinski definition) is 3. The number of rotatable bonds is 4. The normalized spacial score (nSPS) is 16.7. The molecule has 3 heteroatoms. The molecule has 2 nitrogen and oxygen atoms in total. The van der Waals surface area contributed by atoms with Gasteiger partial charge in [-0.15, -0.1) is 0 Å². The van der Waals surface area contributed by atoms with Gasteiger partial charge in [-0.2, -0.15) is 12.6 Å². The van der Waals surface area contributed by atoms with Gasteiger partial charge >= 0.3 is 0 Å². The summed E-state index contributed by atoms with van der Waals surface area (Å²) in [6, 6.07) is 26.8. The number of nitrogens with zero attached hydrogens (tertiary/aromatic N) is 1. The monoisotopic (exact) mass is 356 g/mol. The summed E-state index contributed by atoms with van der Waals surface area (Å²) in [4.78, 5) is 4.47. The van der Waals surface area contributed by atoms with E-state index >= 15 is 0 Å². The van der Waals surface area contributed by atoms with Gasteiger partial charge in [0.25, 0.3) is 0 Å². The maximum absolute atomic E-state index is 5.23. The minimum atomic E-state index is -0.507. The molecule has 1 N–H and O–H groups in total. The highest BCUT2D eigenvalue weighted by atomic mass is 32.1. The fourth-order valence-corrected chi connectivity index (χ4v) is 3.81. The minimum Gasteiger partial charge on any atom is -0.375 e. The number of nitrogens with one attached hydrogen (secondary N) is 1. The Morgan fingerprint density at radius 3 is 2.00 bits per heavy atom. The summed E-state index contributed by atoms with van der Waals surface area (Å²) in [6.07, 6.45) is 8.12. The highest BCUT2D eigenvalue weighted by molar-refractivity contribution is 7.81. The summed E-state index contributed by atoms with van der Waals surface area (Å²) in [7, 11) is 0. The fourth-order valence-electron chi connectivity index (χ4n) is 3.36. The summed E-state index contributed by atoms with van der Waals surface area (Å²) in [5.74, 6) is 0. The fraction of sp³-hybridized carbons (Fsp3) is 0.0870. The van der Waals surface area contributed by atoms with E-state index < -0.39 is 4.75 Å². The third-order valence-electron chi connectivity index (χ3n) is 4.70. The van der Waals surface area contributed by atoms with E-state index in [1.807, 2.05) is 36.5 Å². The predicted octanol–water partition coefficient (Wildman–Crippen LogP) is 4.82. The van der Waals surface area contributed by atoms with Crippen LogP contribution in [0.25, 0.3) is 5.70 Å². The zero-order chi connectivity index (χ0) is 17.8. The molecule has 0 bridgehead atoms. The second-order valence-corrected chi connectivity index (χ2v) is 7.01. The van der Waals surface area contributed by atoms with Gasteiger partial charge in [-0.25, -0.2) is 0 Å². The van der Waals surface area contributed by atoms with E-state index in [1.54, 1.807) is 0 Å². The van der Waals surface area contributed by atoms with E-state index in [0.29, 0.717) is 0 Å². The molecule has 2 aromatic carbocycles. The molecular formula is C23H20N2S. The average molecular weight is 356 g/mol. The number of allylic oxidation sites excluding steroid dienone is 2. The molecule has 128 valence electrons. The molecule has 1 aliphatic rings. The van der Waals surface area contributed by atoms with Crippen molar-refractivity contribution in [1.29, 1.82) is 0 Å². The molecule has 0 fully saturated rings. The first kappa shape index (κ1) is 16.7. The second kappa shape index (κ2) is 7.22. The zero-order valence-electron chi connectivity index (χ0n) is 14.3. The summed E-state index contributed by atoms with van der Waals surface area (Å²) < 4.78 is -0.507. The standard InChI is InChI=1S/C23H20N2S/c26-23(18-10-3-1-4-11-18,19-12-5-2-6-13-19)22-16-9-15-21(25-22)20-14-7-8-17-24-20/h1-17,22,25-26H. The molecule has 3 aromatic rings. The highest BCUT2D eigenvalue weighted by Crippen LogP contribution is 2.41. The van der Waals surface area contributed by atoms with Gasteiger partial charge in [-0.1, -0.05) is 78.9 Å². The first-order chi connectivity index (χ1) is 12.8. The molecule has 1 aromatic heterocycles. The Bertz CT molecular complexity index is 879. The molecule has 2 heterocycles. The molecule has 1 aliphatic heterocycles. The quantitative estimate of drug-likeness (QED) is 0.655. The third kappa shape index (κ3) is 3.06. The molecule has 0 saturated heterocycles. The SMILES string of the molecule is SC(c1ccccc1)(c1ccccc1)C1C=CC=C(c2ccccn2)N1. The van der Waals surface area contributed by atoms with Crippen LogP contribution in [0.4, 0.5) is 0 Å². The Labute approximate surface area is 159 Å². The van der Waals surface area contributed by atoms with Crippen LogP contribution in [0.15, 0.2) is 103 Å². The molecule has 1 atom stereocenters. The van der Waals surface area contributed by atoms with E-state index in [0.717, 1.165) is 22.5 Å². The van der Waals surface area contributed by atoms with Crippen molar-refractivity contribution in [1.82, 2.24) is 10.3 Å². The highest BCUT2D eigenvalue weighted by Gasteiger charge is 2.38. The van der Waals surface area contributed by atoms with Crippen molar-refractivity contribution in [2.24, 2.45) is 0 Å². The van der Waals surface area contributed by atoms with Crippen LogP contribution in [0.3, 0.4) is 0 Å². The largest absolute Gasteiger partial charge is 0.375 e. The Kier molecular flexibility index (Phi) is 4.63. The van der Waals surface area contributed by atoms with Crippen LogP contribution < -0.4 is 5.32 Å². The van der Waals surface area contributed by atoms with Crippen molar-refractivity contribution in [3.8, 4) is 0 Å². The Hall–Kier alpha value is -2.78. The van der Waals surface area contributed by atoms with Crippen LogP contribution >= 0.6 is 12.6 Å². The Morgan fingerprint density at radius 2 is 1.42 bits per heavy atom. The first-order valence-corrected chi connectivity index (χ1v) is 9.13. The summed E-state index contributed by atoms with van der Waals surface area (Å²) in [5.41, 5.74) is 4.24. The number of pyridine rings is 1. The van der Waals surface area contributed by atoms with E-state index in [4.69, 9.17) is 12.6 Å². The average Bonchev–Trinajstić information content (AvgIpc) is 2.75. The van der Waals surface area contributed by atoms with E-state index in [9.17, 15) is 0 Å². The molecule has 4 rings (SSSR count). The van der Waals surface area contributed by atoms with Gasteiger partial charge in [-0.05, 0) is 29.3 Å². The number of benzene rings is 2. The van der Waals surface area contributed by atoms with Gasteiger partial charge in [0.15, 0.2) is 0 Å². The lowest BCUT2D eigenvalue weighted by molar-refractivity contribution is 0.582. The molecule has 0 spiro atoms. The van der Waals surface area contributed by atoms with Gasteiger partial charge in [0.2, 0.25) is 0 Å². The van der Waals surface area contributed by atoms with Crippen molar-refractivity contribution >= 4 is 18.3 Å². The zero-order valence-corrected chi connectivity index (χ0v) is 15.2. The lowest BCUT2D eigenvalue weighted by Gasteiger charge is -2.39. The van der Waals surface area contributed by atoms with Gasteiger partial charge in [0.1, 0.15) is 0 Å². The summed E-state index contributed by atoms with van der Waals surface area (Å²) in [6.45, 7) is 0. The molecule has 0 aliphatic carbocycles. The van der Waals surface area contributed by atoms with Crippen molar-refractivity contribution < 1.29 is 0 Å². The second-order valence-electron chi connectivity index (χ2n) is 6.30. The number of dihydropyridines is 1. The Balaban J connectivity index is 1.77. The van der Waals surface area contributed by atoms with Crippen LogP contribution in [0.1, 0.15) is 16.8 Å². The molecule has 1 unspecified atom stereocenters. The van der Waals surface area contributed by atoms with Gasteiger partial charge in [0.05, 0.1) is 22.2 Å². The minimum absolute atomic E-state index is 0.0161. The van der Waals surface area contributed by atoms with Gasteiger partial charge in [-0.3, -0.25) is 4.98 Å². The summed E-state index contributed by atoms with van der Waals surface area (Å²) >= 11 is 5.23. The molecule has 26 heavy (non-hydrogen) atoms. The third-order valence-corrected chi connectivity index (χ3v) is 5.49. The van der Waals surface area contributed by atoms with Crippen LogP contribution in [-0.2, 0) is 4.75 Å². The molecular weight excluding hydrogens is 336 g/mol. The summed E-state index contributed by atoms with van der Waals surface area (Å²) in [5, 5.41) is 3.64. The van der Waals surface area contributed by atoms with Crippen LogP contribution in [0.5, 0.6) is 0 Å². The van der Waals surface area contributed by atoms with Crippen LogP contribution in [0, 0.1) is 0 Å². The topological polar surface area (TPSA) is 24.9 Å². The van der Waals surface area contributed by atoms with Gasteiger partial charge < -0.3 is 5.32 Å². The lowest BCUT2D eigenvalue weighted by Crippen LogP contribution is -2.45. The van der Waals surface area contributed by atoms with Crippen molar-refractivity contribution in [2.45, 2.75) is 10.8 Å². The van der Waals surface area contributed by atoms with E-state index in [-0.39, 0.29) is 6.04 Å². The predicted molar refractivity (Wildman–Crippen MR) is 111 cm³/mol. The van der Waals surface area contributed by atoms with Crippen LogP contribution in [0.2, 0.25) is 0 Å². The molecule has 0 amide bonds. The molecule has 0 radical (unpaired) electrons. The van der Waals surface area contributed by atoms with E-state index in [2.05, 4.69) is 77.1 Å². The first-order valence-electron chi connectivity index (χ1n) is 8.68. The number of hydrogen-bond donors (Lipinski definition) is 2. The number of aromatic nitrogens is 1. The van der Waals surface area contributed by atoms with Crippen molar-refractivity contribution in [3.05, 3.63) is 120 Å². The van der Waals surface area contributed by atoms with Crippen LogP contribution in [-0.4, -0.2) is 11.0 Å². The smallest absolute Gasteiger partial charge is 0.0864 e.